The van der Waals surface area contributed by atoms with Gasteiger partial charge in [-0.3, -0.25) is 0 Å². The van der Waals surface area contributed by atoms with Crippen molar-refractivity contribution in [3.8, 4) is 0 Å². The number of rotatable bonds is 4. The first kappa shape index (κ1) is 15.3. The number of benzene rings is 1. The van der Waals surface area contributed by atoms with Gasteiger partial charge in [0.25, 0.3) is 0 Å². The molecule has 0 amide bonds. The van der Waals surface area contributed by atoms with E-state index in [9.17, 15) is 0 Å². The van der Waals surface area contributed by atoms with Gasteiger partial charge in [0, 0.05) is 5.66 Å². The van der Waals surface area contributed by atoms with Crippen molar-refractivity contribution in [3.63, 3.8) is 0 Å². The molecule has 21 heavy (non-hydrogen) atoms. The predicted octanol–water partition coefficient (Wildman–Crippen LogP) is 6.14. The molecule has 1 aromatic carbocycles. The van der Waals surface area contributed by atoms with Crippen molar-refractivity contribution in [1.82, 2.24) is 0 Å². The van der Waals surface area contributed by atoms with Crippen molar-refractivity contribution < 1.29 is 0 Å². The van der Waals surface area contributed by atoms with Crippen LogP contribution in [0.4, 0.5) is 0 Å². The van der Waals surface area contributed by atoms with Crippen LogP contribution in [0.3, 0.4) is 0 Å². The fraction of sp³-hybridized carbons (Fsp3) is 0.350. The maximum Gasteiger partial charge on any atom is 0.0115 e. The van der Waals surface area contributed by atoms with Crippen LogP contribution < -0.4 is 0 Å². The molecule has 3 rings (SSSR count). The van der Waals surface area contributed by atoms with Crippen LogP contribution in [-0.4, -0.2) is 5.66 Å². The minimum Gasteiger partial charge on any atom is -0.0721 e. The second-order valence-corrected chi connectivity index (χ2v) is 8.43. The molecular formula is C20H24P. The normalized spacial score (nSPS) is 22.9. The van der Waals surface area contributed by atoms with Gasteiger partial charge in [-0.25, -0.2) is 0 Å². The Bertz CT molecular complexity index is 447. The molecule has 0 aliphatic heterocycles. The minimum atomic E-state index is -0.149. The van der Waals surface area contributed by atoms with Gasteiger partial charge in [0.15, 0.2) is 0 Å². The van der Waals surface area contributed by atoms with E-state index in [1.807, 2.05) is 0 Å². The Morgan fingerprint density at radius 3 is 2.29 bits per heavy atom. The van der Waals surface area contributed by atoms with Crippen molar-refractivity contribution in [2.75, 3.05) is 0 Å². The number of aryl methyl sites for hydroxylation is 1. The first-order chi connectivity index (χ1) is 10.3. The quantitative estimate of drug-likeness (QED) is 0.585. The maximum absolute atomic E-state index is 2.51. The fourth-order valence-electron chi connectivity index (χ4n) is 3.16. The monoisotopic (exact) mass is 295 g/mol. The first-order valence-electron chi connectivity index (χ1n) is 8.08. The Morgan fingerprint density at radius 1 is 0.952 bits per heavy atom. The lowest BCUT2D eigenvalue weighted by Crippen LogP contribution is -2.12. The van der Waals surface area contributed by atoms with Gasteiger partial charge >= 0.3 is 0 Å². The van der Waals surface area contributed by atoms with Crippen molar-refractivity contribution >= 4 is 14.0 Å². The summed E-state index contributed by atoms with van der Waals surface area (Å²) >= 11 is 0. The lowest BCUT2D eigenvalue weighted by Gasteiger charge is -2.32. The third-order valence-electron chi connectivity index (χ3n) is 4.42. The van der Waals surface area contributed by atoms with E-state index in [1.165, 1.54) is 43.2 Å². The molecule has 1 aromatic rings. The Balaban J connectivity index is 1.72. The van der Waals surface area contributed by atoms with Gasteiger partial charge in [-0.05, 0) is 56.7 Å². The largest absolute Gasteiger partial charge is 0.0721 e. The lowest BCUT2D eigenvalue weighted by atomic mass is 10.0. The molecule has 2 aliphatic rings. The molecule has 2 saturated carbocycles. The van der Waals surface area contributed by atoms with Gasteiger partial charge in [-0.2, -0.15) is 0 Å². The summed E-state index contributed by atoms with van der Waals surface area (Å²) in [6.07, 6.45) is 18.4. The highest BCUT2D eigenvalue weighted by molar-refractivity contribution is 7.65. The molecule has 0 aromatic heterocycles. The van der Waals surface area contributed by atoms with Crippen LogP contribution in [0.2, 0.25) is 0 Å². The third kappa shape index (κ3) is 4.19. The summed E-state index contributed by atoms with van der Waals surface area (Å²) in [7, 11) is -0.149. The smallest absolute Gasteiger partial charge is 0.0115 e. The molecule has 1 atom stereocenters. The van der Waals surface area contributed by atoms with E-state index in [4.69, 9.17) is 0 Å². The Hall–Kier alpha value is -0.610. The SMILES string of the molecule is Cc1ccc(/C=C/P([C]2[CH][CH][CH][CH]2)C2CCCCC2)cc1. The fourth-order valence-corrected chi connectivity index (χ4v) is 5.77. The molecule has 1 unspecified atom stereocenters. The maximum atomic E-state index is 2.51. The zero-order valence-electron chi connectivity index (χ0n) is 12.8. The van der Waals surface area contributed by atoms with Crippen LogP contribution in [0.5, 0.6) is 0 Å². The average molecular weight is 295 g/mol. The van der Waals surface area contributed by atoms with Gasteiger partial charge in [0.05, 0.1) is 0 Å². The third-order valence-corrected chi connectivity index (χ3v) is 7.08. The molecule has 2 aliphatic carbocycles. The highest BCUT2D eigenvalue weighted by Gasteiger charge is 2.31. The van der Waals surface area contributed by atoms with Crippen molar-refractivity contribution in [3.05, 3.63) is 72.6 Å². The summed E-state index contributed by atoms with van der Waals surface area (Å²) in [5.41, 5.74) is 5.10. The molecular weight excluding hydrogens is 271 g/mol. The van der Waals surface area contributed by atoms with E-state index in [1.54, 1.807) is 5.66 Å². The van der Waals surface area contributed by atoms with Gasteiger partial charge in [0.1, 0.15) is 0 Å². The lowest BCUT2D eigenvalue weighted by molar-refractivity contribution is 0.512. The zero-order chi connectivity index (χ0) is 14.5. The number of hydrogen-bond acceptors (Lipinski definition) is 0. The van der Waals surface area contributed by atoms with Crippen LogP contribution in [0, 0.1) is 38.3 Å². The Kier molecular flexibility index (Phi) is 5.53. The van der Waals surface area contributed by atoms with Crippen LogP contribution in [-0.2, 0) is 0 Å². The predicted molar refractivity (Wildman–Crippen MR) is 94.4 cm³/mol. The standard InChI is InChI=1S/C20H24P/c1-17-11-13-18(14-12-17)15-16-21(20-9-5-6-10-20)19-7-3-2-4-8-19/h5-6,9-16,19H,2-4,7-8H2,1H3/b16-15+. The van der Waals surface area contributed by atoms with Crippen LogP contribution in [0.15, 0.2) is 30.1 Å². The molecule has 0 nitrogen and oxygen atoms in total. The highest BCUT2D eigenvalue weighted by Crippen LogP contribution is 2.61. The van der Waals surface area contributed by atoms with Gasteiger partial charge in [-0.15, -0.1) is 0 Å². The van der Waals surface area contributed by atoms with E-state index >= 15 is 0 Å². The zero-order valence-corrected chi connectivity index (χ0v) is 13.7. The molecule has 5 radical (unpaired) electrons. The summed E-state index contributed by atoms with van der Waals surface area (Å²) in [6, 6.07) is 8.85. The second kappa shape index (κ2) is 7.59. The molecule has 0 heterocycles. The van der Waals surface area contributed by atoms with Crippen molar-refractivity contribution in [2.24, 2.45) is 0 Å². The average Bonchev–Trinajstić information content (AvgIpc) is 3.05. The van der Waals surface area contributed by atoms with Gasteiger partial charge < -0.3 is 0 Å². The number of hydrogen-bond donors (Lipinski definition) is 0. The Labute approximate surface area is 131 Å². The second-order valence-electron chi connectivity index (χ2n) is 6.07. The first-order valence-corrected chi connectivity index (χ1v) is 9.56. The van der Waals surface area contributed by atoms with E-state index in [0.29, 0.717) is 0 Å². The van der Waals surface area contributed by atoms with E-state index in [2.05, 4.69) is 68.8 Å². The van der Waals surface area contributed by atoms with Crippen LogP contribution in [0.1, 0.15) is 43.2 Å². The van der Waals surface area contributed by atoms with Crippen molar-refractivity contribution in [1.29, 1.82) is 0 Å². The molecule has 0 spiro atoms. The van der Waals surface area contributed by atoms with E-state index < -0.39 is 0 Å². The van der Waals surface area contributed by atoms with E-state index in [0.717, 1.165) is 5.66 Å². The molecule has 0 N–H and O–H groups in total. The van der Waals surface area contributed by atoms with Crippen molar-refractivity contribution in [2.45, 2.75) is 44.7 Å². The minimum absolute atomic E-state index is 0.149. The molecule has 1 heteroatoms. The van der Waals surface area contributed by atoms with Gasteiger partial charge in [-0.1, -0.05) is 68.9 Å². The summed E-state index contributed by atoms with van der Waals surface area (Å²) < 4.78 is 0. The van der Waals surface area contributed by atoms with Crippen LogP contribution in [0.25, 0.3) is 6.08 Å². The summed E-state index contributed by atoms with van der Waals surface area (Å²) in [5.74, 6) is 2.51. The topological polar surface area (TPSA) is 0 Å². The summed E-state index contributed by atoms with van der Waals surface area (Å²) in [4.78, 5) is 0. The van der Waals surface area contributed by atoms with Crippen LogP contribution >= 0.6 is 7.92 Å². The molecule has 0 saturated heterocycles. The summed E-state index contributed by atoms with van der Waals surface area (Å²) in [5, 5.41) is 0. The molecule has 109 valence electrons. The summed E-state index contributed by atoms with van der Waals surface area (Å²) in [6.45, 7) is 2.15. The highest BCUT2D eigenvalue weighted by atomic mass is 31.1. The molecule has 2 fully saturated rings. The Morgan fingerprint density at radius 2 is 1.62 bits per heavy atom. The molecule has 0 bridgehead atoms. The van der Waals surface area contributed by atoms with E-state index in [-0.39, 0.29) is 7.92 Å². The van der Waals surface area contributed by atoms with Gasteiger partial charge in [0.2, 0.25) is 0 Å².